The fraction of sp³-hybridized carbons (Fsp3) is 0.762. The van der Waals surface area contributed by atoms with Crippen molar-refractivity contribution in [3.8, 4) is 12.3 Å². The molecular formula is C21H28O2. The van der Waals surface area contributed by atoms with Gasteiger partial charge in [0.25, 0.3) is 0 Å². The second-order valence-electron chi connectivity index (χ2n) is 8.97. The molecule has 23 heavy (non-hydrogen) atoms. The molecule has 4 rings (SSSR count). The molecule has 2 heteroatoms. The van der Waals surface area contributed by atoms with Gasteiger partial charge in [-0.3, -0.25) is 4.79 Å². The second-order valence-corrected chi connectivity index (χ2v) is 8.97. The lowest BCUT2D eigenvalue weighted by Gasteiger charge is -2.58. The SMILES string of the molecule is C#C[C@]1(O)CC[C@@H]2[C@H]3CCC4=CC(=O)CC[C@]4(C)[C@H]3CC[C@]21C. The molecule has 0 radical (unpaired) electrons. The van der Waals surface area contributed by atoms with Crippen molar-refractivity contribution in [3.05, 3.63) is 11.6 Å². The van der Waals surface area contributed by atoms with Gasteiger partial charge in [-0.1, -0.05) is 25.3 Å². The van der Waals surface area contributed by atoms with Crippen LogP contribution in [-0.4, -0.2) is 16.5 Å². The number of terminal acetylenes is 1. The Morgan fingerprint density at radius 3 is 2.61 bits per heavy atom. The Labute approximate surface area is 139 Å². The molecule has 0 aromatic carbocycles. The minimum atomic E-state index is -0.914. The zero-order chi connectivity index (χ0) is 16.5. The third-order valence-electron chi connectivity index (χ3n) is 8.35. The number of allylic oxidation sites excluding steroid dienone is 1. The summed E-state index contributed by atoms with van der Waals surface area (Å²) in [6.07, 6.45) is 15.6. The van der Waals surface area contributed by atoms with Crippen molar-refractivity contribution in [2.75, 3.05) is 0 Å². The fourth-order valence-corrected chi connectivity index (χ4v) is 6.81. The van der Waals surface area contributed by atoms with Crippen LogP contribution in [0, 0.1) is 40.9 Å². The molecule has 0 aliphatic heterocycles. The van der Waals surface area contributed by atoms with E-state index >= 15 is 0 Å². The molecule has 0 aromatic rings. The van der Waals surface area contributed by atoms with Gasteiger partial charge in [0.15, 0.2) is 5.78 Å². The minimum Gasteiger partial charge on any atom is -0.377 e. The van der Waals surface area contributed by atoms with Crippen LogP contribution in [-0.2, 0) is 4.79 Å². The highest BCUT2D eigenvalue weighted by Crippen LogP contribution is 2.67. The van der Waals surface area contributed by atoms with Crippen LogP contribution in [0.15, 0.2) is 11.6 Å². The Kier molecular flexibility index (Phi) is 3.18. The molecule has 3 fully saturated rings. The first-order valence-electron chi connectivity index (χ1n) is 9.28. The monoisotopic (exact) mass is 312 g/mol. The third kappa shape index (κ3) is 1.84. The van der Waals surface area contributed by atoms with Gasteiger partial charge in [0.1, 0.15) is 5.60 Å². The first-order valence-corrected chi connectivity index (χ1v) is 9.28. The van der Waals surface area contributed by atoms with E-state index < -0.39 is 5.60 Å². The standard InChI is InChI=1S/C21H28O2/c1-4-21(23)12-9-18-16-6-5-14-13-15(22)7-10-19(14,2)17(16)8-11-20(18,21)3/h1,13,16-18,23H,5-12H2,2-3H3/t16-,17-,18+,19-,20+,21-/m0/s1. The molecule has 6 atom stereocenters. The van der Waals surface area contributed by atoms with Crippen LogP contribution < -0.4 is 0 Å². The molecule has 1 N–H and O–H groups in total. The summed E-state index contributed by atoms with van der Waals surface area (Å²) in [5.74, 6) is 4.93. The molecule has 124 valence electrons. The number of hydrogen-bond acceptors (Lipinski definition) is 2. The summed E-state index contributed by atoms with van der Waals surface area (Å²) in [7, 11) is 0. The van der Waals surface area contributed by atoms with Crippen LogP contribution in [0.4, 0.5) is 0 Å². The van der Waals surface area contributed by atoms with Crippen LogP contribution in [0.2, 0.25) is 0 Å². The molecular weight excluding hydrogens is 284 g/mol. The summed E-state index contributed by atoms with van der Waals surface area (Å²) < 4.78 is 0. The minimum absolute atomic E-state index is 0.120. The van der Waals surface area contributed by atoms with E-state index in [-0.39, 0.29) is 10.8 Å². The third-order valence-corrected chi connectivity index (χ3v) is 8.35. The van der Waals surface area contributed by atoms with Crippen molar-refractivity contribution < 1.29 is 9.90 Å². The average molecular weight is 312 g/mol. The number of fused-ring (bicyclic) bond motifs is 5. The highest BCUT2D eigenvalue weighted by Gasteiger charge is 2.63. The smallest absolute Gasteiger partial charge is 0.155 e. The van der Waals surface area contributed by atoms with Crippen LogP contribution in [0.5, 0.6) is 0 Å². The van der Waals surface area contributed by atoms with E-state index in [1.54, 1.807) is 0 Å². The molecule has 0 amide bonds. The number of carbonyl (C=O) groups excluding carboxylic acids is 1. The molecule has 0 heterocycles. The number of aliphatic hydroxyl groups is 1. The Morgan fingerprint density at radius 1 is 1.13 bits per heavy atom. The summed E-state index contributed by atoms with van der Waals surface area (Å²) in [6, 6.07) is 0. The molecule has 4 aliphatic rings. The van der Waals surface area contributed by atoms with Crippen LogP contribution in [0.1, 0.15) is 65.2 Å². The topological polar surface area (TPSA) is 37.3 Å². The predicted octanol–water partition coefficient (Wildman–Crippen LogP) is 3.88. The normalized spacial score (nSPS) is 52.0. The van der Waals surface area contributed by atoms with Crippen molar-refractivity contribution in [2.24, 2.45) is 28.6 Å². The van der Waals surface area contributed by atoms with Crippen LogP contribution >= 0.6 is 0 Å². The summed E-state index contributed by atoms with van der Waals surface area (Å²) >= 11 is 0. The van der Waals surface area contributed by atoms with Crippen molar-refractivity contribution >= 4 is 5.78 Å². The Balaban J connectivity index is 1.70. The molecule has 0 saturated heterocycles. The molecule has 0 aromatic heterocycles. The number of carbonyl (C=O) groups is 1. The van der Waals surface area contributed by atoms with Crippen molar-refractivity contribution in [1.29, 1.82) is 0 Å². The number of ketones is 1. The lowest BCUT2D eigenvalue weighted by Crippen LogP contribution is -2.54. The van der Waals surface area contributed by atoms with E-state index in [0.717, 1.165) is 38.5 Å². The molecule has 0 unspecified atom stereocenters. The highest BCUT2D eigenvalue weighted by molar-refractivity contribution is 5.91. The first-order chi connectivity index (χ1) is 10.8. The van der Waals surface area contributed by atoms with Crippen LogP contribution in [0.3, 0.4) is 0 Å². The molecule has 4 aliphatic carbocycles. The zero-order valence-corrected chi connectivity index (χ0v) is 14.4. The van der Waals surface area contributed by atoms with E-state index in [2.05, 4.69) is 19.8 Å². The maximum absolute atomic E-state index is 11.8. The van der Waals surface area contributed by atoms with E-state index in [1.165, 1.54) is 12.0 Å². The van der Waals surface area contributed by atoms with Crippen molar-refractivity contribution in [2.45, 2.75) is 70.8 Å². The predicted molar refractivity (Wildman–Crippen MR) is 90.5 cm³/mol. The quantitative estimate of drug-likeness (QED) is 0.689. The van der Waals surface area contributed by atoms with Crippen molar-refractivity contribution in [1.82, 2.24) is 0 Å². The summed E-state index contributed by atoms with van der Waals surface area (Å²) in [5, 5.41) is 11.0. The van der Waals surface area contributed by atoms with Gasteiger partial charge in [-0.15, -0.1) is 6.42 Å². The van der Waals surface area contributed by atoms with Gasteiger partial charge in [0, 0.05) is 11.8 Å². The Hall–Kier alpha value is -1.07. The largest absolute Gasteiger partial charge is 0.377 e. The van der Waals surface area contributed by atoms with Crippen molar-refractivity contribution in [3.63, 3.8) is 0 Å². The van der Waals surface area contributed by atoms with Crippen LogP contribution in [0.25, 0.3) is 0 Å². The first kappa shape index (κ1) is 15.5. The second kappa shape index (κ2) is 4.73. The zero-order valence-electron chi connectivity index (χ0n) is 14.4. The average Bonchev–Trinajstić information content (AvgIpc) is 2.80. The van der Waals surface area contributed by atoms with Gasteiger partial charge in [0.05, 0.1) is 0 Å². The van der Waals surface area contributed by atoms with Gasteiger partial charge >= 0.3 is 0 Å². The summed E-state index contributed by atoms with van der Waals surface area (Å²) in [5.41, 5.74) is 0.575. The Bertz CT molecular complexity index is 626. The summed E-state index contributed by atoms with van der Waals surface area (Å²) in [4.78, 5) is 11.8. The summed E-state index contributed by atoms with van der Waals surface area (Å²) in [6.45, 7) is 4.63. The molecule has 2 nitrogen and oxygen atoms in total. The maximum Gasteiger partial charge on any atom is 0.155 e. The number of rotatable bonds is 0. The molecule has 0 bridgehead atoms. The fourth-order valence-electron chi connectivity index (χ4n) is 6.81. The molecule has 3 saturated carbocycles. The highest BCUT2D eigenvalue weighted by atomic mass is 16.3. The lowest BCUT2D eigenvalue weighted by atomic mass is 9.46. The van der Waals surface area contributed by atoms with E-state index in [9.17, 15) is 9.90 Å². The Morgan fingerprint density at radius 2 is 1.87 bits per heavy atom. The van der Waals surface area contributed by atoms with Gasteiger partial charge in [-0.2, -0.15) is 0 Å². The van der Waals surface area contributed by atoms with Gasteiger partial charge in [0.2, 0.25) is 0 Å². The van der Waals surface area contributed by atoms with Gasteiger partial charge in [-0.25, -0.2) is 0 Å². The molecule has 0 spiro atoms. The van der Waals surface area contributed by atoms with E-state index in [1.807, 2.05) is 6.08 Å². The van der Waals surface area contributed by atoms with Gasteiger partial charge < -0.3 is 5.11 Å². The lowest BCUT2D eigenvalue weighted by molar-refractivity contribution is -0.119. The van der Waals surface area contributed by atoms with E-state index in [0.29, 0.717) is 30.0 Å². The number of hydrogen-bond donors (Lipinski definition) is 1. The van der Waals surface area contributed by atoms with Gasteiger partial charge in [-0.05, 0) is 74.2 Å². The maximum atomic E-state index is 11.8. The van der Waals surface area contributed by atoms with E-state index in [4.69, 9.17) is 6.42 Å².